The third-order valence-electron chi connectivity index (χ3n) is 6.34. The molecule has 8 nitrogen and oxygen atoms in total. The first-order chi connectivity index (χ1) is 16.9. The van der Waals surface area contributed by atoms with Crippen molar-refractivity contribution in [3.8, 4) is 28.9 Å². The number of halogens is 1. The molecule has 0 fully saturated rings. The van der Waals surface area contributed by atoms with Gasteiger partial charge in [-0.2, -0.15) is 5.26 Å². The van der Waals surface area contributed by atoms with Crippen LogP contribution in [0.2, 0.25) is 5.02 Å². The molecule has 0 saturated carbocycles. The average molecular weight is 484 g/mol. The summed E-state index contributed by atoms with van der Waals surface area (Å²) in [6.07, 6.45) is 0. The smallest absolute Gasteiger partial charge is 0.245 e. The Morgan fingerprint density at radius 3 is 2.60 bits per heavy atom. The van der Waals surface area contributed by atoms with Gasteiger partial charge in [0.2, 0.25) is 11.8 Å². The molecule has 0 radical (unpaired) electrons. The van der Waals surface area contributed by atoms with Crippen LogP contribution in [0.5, 0.6) is 11.5 Å². The minimum atomic E-state index is -1.88. The average Bonchev–Trinajstić information content (AvgIpc) is 3.12. The van der Waals surface area contributed by atoms with Crippen molar-refractivity contribution >= 4 is 34.2 Å². The first-order valence-corrected chi connectivity index (χ1v) is 10.8. The van der Waals surface area contributed by atoms with E-state index in [9.17, 15) is 20.0 Å². The van der Waals surface area contributed by atoms with Gasteiger partial charge in [0.1, 0.15) is 45.3 Å². The lowest BCUT2D eigenvalue weighted by Crippen LogP contribution is -2.42. The van der Waals surface area contributed by atoms with Crippen molar-refractivity contribution in [3.05, 3.63) is 98.5 Å². The lowest BCUT2D eigenvalue weighted by molar-refractivity contribution is -0.118. The van der Waals surface area contributed by atoms with E-state index in [0.717, 1.165) is 0 Å². The fourth-order valence-electron chi connectivity index (χ4n) is 4.88. The number of ether oxygens (including phenoxy) is 1. The van der Waals surface area contributed by atoms with Crippen LogP contribution in [0.3, 0.4) is 0 Å². The van der Waals surface area contributed by atoms with Crippen LogP contribution in [0, 0.1) is 11.3 Å². The van der Waals surface area contributed by atoms with Crippen LogP contribution in [0.4, 0.5) is 5.69 Å². The van der Waals surface area contributed by atoms with Crippen molar-refractivity contribution in [1.29, 1.82) is 5.26 Å². The van der Waals surface area contributed by atoms with Crippen molar-refractivity contribution < 1.29 is 19.1 Å². The Balaban J connectivity index is 1.73. The number of hydrogen-bond acceptors (Lipinski definition) is 7. The van der Waals surface area contributed by atoms with Gasteiger partial charge in [-0.3, -0.25) is 9.59 Å². The number of amides is 1. The molecule has 3 aromatic carbocycles. The van der Waals surface area contributed by atoms with Gasteiger partial charge in [0.15, 0.2) is 5.43 Å². The van der Waals surface area contributed by atoms with Gasteiger partial charge in [0, 0.05) is 23.3 Å². The molecule has 35 heavy (non-hydrogen) atoms. The summed E-state index contributed by atoms with van der Waals surface area (Å²) in [7, 11) is 0. The number of anilines is 1. The monoisotopic (exact) mass is 483 g/mol. The number of phenols is 1. The van der Waals surface area contributed by atoms with Gasteiger partial charge in [-0.1, -0.05) is 54.1 Å². The van der Waals surface area contributed by atoms with Crippen LogP contribution >= 0.6 is 11.6 Å². The van der Waals surface area contributed by atoms with E-state index in [-0.39, 0.29) is 50.2 Å². The predicted octanol–water partition coefficient (Wildman–Crippen LogP) is 4.14. The Hall–Kier alpha value is -4.74. The predicted molar refractivity (Wildman–Crippen MR) is 128 cm³/mol. The van der Waals surface area contributed by atoms with Crippen LogP contribution in [0.15, 0.2) is 81.3 Å². The second-order valence-electron chi connectivity index (χ2n) is 8.13. The molecular weight excluding hydrogens is 470 g/mol. The van der Waals surface area contributed by atoms with E-state index in [1.165, 1.54) is 12.1 Å². The zero-order valence-corrected chi connectivity index (χ0v) is 18.5. The van der Waals surface area contributed by atoms with Gasteiger partial charge in [-0.25, -0.2) is 0 Å². The Morgan fingerprint density at radius 2 is 1.86 bits per heavy atom. The maximum atomic E-state index is 13.6. The highest BCUT2D eigenvalue weighted by molar-refractivity contribution is 6.35. The topological polar surface area (TPSA) is 139 Å². The highest BCUT2D eigenvalue weighted by Gasteiger charge is 2.58. The summed E-state index contributed by atoms with van der Waals surface area (Å²) in [6.45, 7) is 0. The molecule has 2 aliphatic rings. The number of nitrogens with two attached hydrogens (primary N) is 1. The number of carbonyl (C=O) groups excluding carboxylic acids is 1. The van der Waals surface area contributed by atoms with Gasteiger partial charge in [0.05, 0.1) is 16.3 Å². The van der Waals surface area contributed by atoms with Gasteiger partial charge < -0.3 is 25.3 Å². The largest absolute Gasteiger partial charge is 0.507 e. The molecule has 1 atom stereocenters. The summed E-state index contributed by atoms with van der Waals surface area (Å²) in [6, 6.07) is 18.4. The molecule has 170 valence electrons. The number of benzene rings is 3. The Morgan fingerprint density at radius 1 is 1.09 bits per heavy atom. The zero-order valence-electron chi connectivity index (χ0n) is 17.8. The number of nitriles is 1. The van der Waals surface area contributed by atoms with Gasteiger partial charge in [-0.05, 0) is 6.07 Å². The Bertz CT molecular complexity index is 1740. The van der Waals surface area contributed by atoms with E-state index in [0.29, 0.717) is 11.1 Å². The van der Waals surface area contributed by atoms with Gasteiger partial charge in [-0.15, -0.1) is 0 Å². The standard InChI is InChI=1S/C26H14ClN3O5/c27-15-8-4-7-13-22(15)30-25(33)26(13)14(11-28)24(29)35-19-10-18-20(23(32)21(19)26)16(31)9-17(34-18)12-5-2-1-3-6-12/h1-10,32H,29H2,(H,30,33). The molecule has 4 aromatic rings. The lowest BCUT2D eigenvalue weighted by atomic mass is 9.68. The van der Waals surface area contributed by atoms with Crippen molar-refractivity contribution in [1.82, 2.24) is 0 Å². The molecule has 0 aliphatic carbocycles. The number of nitrogens with one attached hydrogen (secondary N) is 1. The summed E-state index contributed by atoms with van der Waals surface area (Å²) < 4.78 is 11.6. The van der Waals surface area contributed by atoms with E-state index < -0.39 is 22.5 Å². The van der Waals surface area contributed by atoms with Gasteiger partial charge in [0.25, 0.3) is 0 Å². The normalized spacial score (nSPS) is 18.1. The van der Waals surface area contributed by atoms with Crippen LogP contribution in [-0.4, -0.2) is 11.0 Å². The van der Waals surface area contributed by atoms with Crippen molar-refractivity contribution in [2.24, 2.45) is 5.73 Å². The van der Waals surface area contributed by atoms with E-state index >= 15 is 0 Å². The van der Waals surface area contributed by atoms with E-state index in [4.69, 9.17) is 26.5 Å². The molecule has 9 heteroatoms. The molecule has 1 aromatic heterocycles. The van der Waals surface area contributed by atoms with Crippen LogP contribution in [0.1, 0.15) is 11.1 Å². The lowest BCUT2D eigenvalue weighted by Gasteiger charge is -2.34. The van der Waals surface area contributed by atoms with E-state index in [2.05, 4.69) is 5.32 Å². The number of carbonyl (C=O) groups is 1. The van der Waals surface area contributed by atoms with Crippen LogP contribution in [0.25, 0.3) is 22.3 Å². The summed E-state index contributed by atoms with van der Waals surface area (Å²) >= 11 is 6.32. The molecule has 1 amide bonds. The van der Waals surface area contributed by atoms with Crippen molar-refractivity contribution in [2.75, 3.05) is 5.32 Å². The van der Waals surface area contributed by atoms with Crippen molar-refractivity contribution in [3.63, 3.8) is 0 Å². The van der Waals surface area contributed by atoms with Crippen LogP contribution in [-0.2, 0) is 10.2 Å². The summed E-state index contributed by atoms with van der Waals surface area (Å²) in [5.41, 5.74) is 4.64. The Labute approximate surface area is 202 Å². The number of aromatic hydroxyl groups is 1. The maximum Gasteiger partial charge on any atom is 0.245 e. The van der Waals surface area contributed by atoms with E-state index in [1.54, 1.807) is 42.5 Å². The molecule has 3 heterocycles. The van der Waals surface area contributed by atoms with Crippen molar-refractivity contribution in [2.45, 2.75) is 5.41 Å². The number of hydrogen-bond donors (Lipinski definition) is 3. The second kappa shape index (κ2) is 7.13. The summed E-state index contributed by atoms with van der Waals surface area (Å²) in [5.74, 6) is -1.27. The number of para-hydroxylation sites is 1. The Kier molecular flexibility index (Phi) is 4.24. The fourth-order valence-corrected chi connectivity index (χ4v) is 5.10. The molecule has 0 saturated heterocycles. The molecule has 2 aliphatic heterocycles. The highest BCUT2D eigenvalue weighted by atomic mass is 35.5. The second-order valence-corrected chi connectivity index (χ2v) is 8.54. The minimum Gasteiger partial charge on any atom is -0.507 e. The first-order valence-electron chi connectivity index (χ1n) is 10.5. The van der Waals surface area contributed by atoms with Crippen LogP contribution < -0.4 is 21.2 Å². The number of fused-ring (bicyclic) bond motifs is 5. The maximum absolute atomic E-state index is 13.6. The molecule has 6 rings (SSSR count). The molecule has 0 bridgehead atoms. The molecule has 1 spiro atoms. The third-order valence-corrected chi connectivity index (χ3v) is 6.66. The van der Waals surface area contributed by atoms with E-state index in [1.807, 2.05) is 12.1 Å². The quantitative estimate of drug-likeness (QED) is 0.369. The number of phenolic OH excluding ortho intramolecular Hbond substituents is 1. The molecular formula is C26H14ClN3O5. The molecule has 4 N–H and O–H groups in total. The highest BCUT2D eigenvalue weighted by Crippen LogP contribution is 2.58. The fraction of sp³-hybridized carbons (Fsp3) is 0.0385. The number of nitrogens with zero attached hydrogens (tertiary/aromatic N) is 1. The van der Waals surface area contributed by atoms with Gasteiger partial charge >= 0.3 is 0 Å². The number of rotatable bonds is 1. The first kappa shape index (κ1) is 20.8. The molecule has 1 unspecified atom stereocenters. The SMILES string of the molecule is N#CC1=C(N)Oc2cc3oc(-c4ccccc4)cc(=O)c3c(O)c2C12C(=O)Nc1c(Cl)cccc12. The minimum absolute atomic E-state index is 0.0252. The summed E-state index contributed by atoms with van der Waals surface area (Å²) in [4.78, 5) is 26.8. The third kappa shape index (κ3) is 2.61. The zero-order chi connectivity index (χ0) is 24.5. The summed E-state index contributed by atoms with van der Waals surface area (Å²) in [5, 5.41) is 24.2.